The molecule has 2 rings (SSSR count). The van der Waals surface area contributed by atoms with Crippen molar-refractivity contribution in [1.82, 2.24) is 9.97 Å². The first-order chi connectivity index (χ1) is 11.6. The van der Waals surface area contributed by atoms with Crippen LogP contribution in [-0.4, -0.2) is 22.4 Å². The van der Waals surface area contributed by atoms with Gasteiger partial charge in [-0.3, -0.25) is 4.79 Å². The van der Waals surface area contributed by atoms with E-state index < -0.39 is 0 Å². The van der Waals surface area contributed by atoms with Crippen LogP contribution in [-0.2, 0) is 0 Å². The summed E-state index contributed by atoms with van der Waals surface area (Å²) in [4.78, 5) is 20.9. The fourth-order valence-corrected chi connectivity index (χ4v) is 2.19. The SMILES string of the molecule is CCCCCNc1cc(C(=O)Nc2ccc(C#N)cc2)nc(C)n1. The molecule has 2 N–H and O–H groups in total. The van der Waals surface area contributed by atoms with E-state index in [1.54, 1.807) is 37.3 Å². The molecule has 0 bridgehead atoms. The van der Waals surface area contributed by atoms with E-state index in [9.17, 15) is 4.79 Å². The number of aromatic nitrogens is 2. The topological polar surface area (TPSA) is 90.7 Å². The van der Waals surface area contributed by atoms with E-state index in [1.807, 2.05) is 6.07 Å². The van der Waals surface area contributed by atoms with E-state index in [4.69, 9.17) is 5.26 Å². The molecule has 0 aliphatic heterocycles. The van der Waals surface area contributed by atoms with Crippen LogP contribution in [0.2, 0.25) is 0 Å². The molecular formula is C18H21N5O. The molecule has 1 amide bonds. The second kappa shape index (κ2) is 8.63. The number of rotatable bonds is 7. The normalized spacial score (nSPS) is 10.0. The van der Waals surface area contributed by atoms with Crippen LogP contribution in [0.4, 0.5) is 11.5 Å². The van der Waals surface area contributed by atoms with Crippen molar-refractivity contribution < 1.29 is 4.79 Å². The molecule has 6 heteroatoms. The Morgan fingerprint density at radius 2 is 1.96 bits per heavy atom. The van der Waals surface area contributed by atoms with Gasteiger partial charge in [0.1, 0.15) is 17.3 Å². The summed E-state index contributed by atoms with van der Waals surface area (Å²) in [5, 5.41) is 14.8. The minimum atomic E-state index is -0.304. The van der Waals surface area contributed by atoms with E-state index in [0.717, 1.165) is 25.8 Å². The third kappa shape index (κ3) is 5.06. The smallest absolute Gasteiger partial charge is 0.274 e. The lowest BCUT2D eigenvalue weighted by molar-refractivity contribution is 0.102. The highest BCUT2D eigenvalue weighted by Crippen LogP contribution is 2.12. The van der Waals surface area contributed by atoms with Crippen molar-refractivity contribution in [3.63, 3.8) is 0 Å². The summed E-state index contributed by atoms with van der Waals surface area (Å²) in [7, 11) is 0. The maximum absolute atomic E-state index is 12.4. The quantitative estimate of drug-likeness (QED) is 0.761. The van der Waals surface area contributed by atoms with Gasteiger partial charge in [0.15, 0.2) is 0 Å². The predicted octanol–water partition coefficient (Wildman–Crippen LogP) is 3.51. The summed E-state index contributed by atoms with van der Waals surface area (Å²) >= 11 is 0. The van der Waals surface area contributed by atoms with Crippen molar-refractivity contribution in [3.05, 3.63) is 47.4 Å². The Morgan fingerprint density at radius 1 is 1.21 bits per heavy atom. The number of amides is 1. The van der Waals surface area contributed by atoms with Gasteiger partial charge >= 0.3 is 0 Å². The number of nitrogens with zero attached hydrogens (tertiary/aromatic N) is 3. The number of carbonyl (C=O) groups is 1. The summed E-state index contributed by atoms with van der Waals surface area (Å²) in [5.74, 6) is 0.894. The average Bonchev–Trinajstić information content (AvgIpc) is 2.59. The van der Waals surface area contributed by atoms with Crippen molar-refractivity contribution in [2.75, 3.05) is 17.2 Å². The zero-order valence-electron chi connectivity index (χ0n) is 14.0. The van der Waals surface area contributed by atoms with E-state index in [-0.39, 0.29) is 5.91 Å². The maximum Gasteiger partial charge on any atom is 0.274 e. The van der Waals surface area contributed by atoms with Crippen LogP contribution in [0.1, 0.15) is 48.1 Å². The zero-order valence-corrected chi connectivity index (χ0v) is 14.0. The van der Waals surface area contributed by atoms with Crippen LogP contribution in [0.15, 0.2) is 30.3 Å². The van der Waals surface area contributed by atoms with Gasteiger partial charge in [-0.2, -0.15) is 5.26 Å². The largest absolute Gasteiger partial charge is 0.370 e. The van der Waals surface area contributed by atoms with Crippen LogP contribution in [0.25, 0.3) is 0 Å². The van der Waals surface area contributed by atoms with Crippen LogP contribution in [0.3, 0.4) is 0 Å². The van der Waals surface area contributed by atoms with Gasteiger partial charge in [-0.25, -0.2) is 9.97 Å². The highest BCUT2D eigenvalue weighted by atomic mass is 16.1. The molecule has 124 valence electrons. The monoisotopic (exact) mass is 323 g/mol. The first-order valence-electron chi connectivity index (χ1n) is 8.03. The molecule has 0 aliphatic rings. The Bertz CT molecular complexity index is 734. The first-order valence-corrected chi connectivity index (χ1v) is 8.03. The molecule has 0 radical (unpaired) electrons. The Labute approximate surface area is 142 Å². The first kappa shape index (κ1) is 17.4. The van der Waals surface area contributed by atoms with Gasteiger partial charge in [0.05, 0.1) is 11.6 Å². The Hall–Kier alpha value is -2.94. The van der Waals surface area contributed by atoms with E-state index >= 15 is 0 Å². The van der Waals surface area contributed by atoms with Gasteiger partial charge in [0, 0.05) is 18.3 Å². The van der Waals surface area contributed by atoms with Gasteiger partial charge in [0.25, 0.3) is 5.91 Å². The fraction of sp³-hybridized carbons (Fsp3) is 0.333. The van der Waals surface area contributed by atoms with E-state index in [1.165, 1.54) is 0 Å². The summed E-state index contributed by atoms with van der Waals surface area (Å²) in [6, 6.07) is 10.4. The highest BCUT2D eigenvalue weighted by Gasteiger charge is 2.11. The summed E-state index contributed by atoms with van der Waals surface area (Å²) in [6.07, 6.45) is 3.37. The molecular weight excluding hydrogens is 302 g/mol. The Balaban J connectivity index is 2.05. The Kier molecular flexibility index (Phi) is 6.26. The van der Waals surface area contributed by atoms with Crippen molar-refractivity contribution in [2.45, 2.75) is 33.1 Å². The van der Waals surface area contributed by atoms with E-state index in [2.05, 4.69) is 27.5 Å². The number of hydrogen-bond acceptors (Lipinski definition) is 5. The number of nitriles is 1. The summed E-state index contributed by atoms with van der Waals surface area (Å²) in [6.45, 7) is 4.73. The van der Waals surface area contributed by atoms with Crippen molar-refractivity contribution in [3.8, 4) is 6.07 Å². The number of nitrogens with one attached hydrogen (secondary N) is 2. The lowest BCUT2D eigenvalue weighted by atomic mass is 10.2. The predicted molar refractivity (Wildman–Crippen MR) is 93.9 cm³/mol. The lowest BCUT2D eigenvalue weighted by Crippen LogP contribution is -2.16. The summed E-state index contributed by atoms with van der Waals surface area (Å²) < 4.78 is 0. The third-order valence-electron chi connectivity index (χ3n) is 3.43. The van der Waals surface area contributed by atoms with Gasteiger partial charge in [0.2, 0.25) is 0 Å². The Morgan fingerprint density at radius 3 is 2.62 bits per heavy atom. The molecule has 2 aromatic rings. The molecule has 1 aromatic carbocycles. The number of unbranched alkanes of at least 4 members (excludes halogenated alkanes) is 2. The zero-order chi connectivity index (χ0) is 17.4. The number of carbonyl (C=O) groups excluding carboxylic acids is 1. The second-order valence-corrected chi connectivity index (χ2v) is 5.46. The van der Waals surface area contributed by atoms with Crippen LogP contribution in [0.5, 0.6) is 0 Å². The highest BCUT2D eigenvalue weighted by molar-refractivity contribution is 6.03. The van der Waals surface area contributed by atoms with Crippen LogP contribution in [0, 0.1) is 18.3 Å². The molecule has 0 aliphatic carbocycles. The van der Waals surface area contributed by atoms with Crippen LogP contribution < -0.4 is 10.6 Å². The molecule has 1 aromatic heterocycles. The maximum atomic E-state index is 12.4. The average molecular weight is 323 g/mol. The third-order valence-corrected chi connectivity index (χ3v) is 3.43. The summed E-state index contributed by atoms with van der Waals surface area (Å²) in [5.41, 5.74) is 1.47. The molecule has 24 heavy (non-hydrogen) atoms. The van der Waals surface area contributed by atoms with Gasteiger partial charge < -0.3 is 10.6 Å². The van der Waals surface area contributed by atoms with Crippen molar-refractivity contribution >= 4 is 17.4 Å². The molecule has 0 unspecified atom stereocenters. The van der Waals surface area contributed by atoms with Gasteiger partial charge in [-0.05, 0) is 37.6 Å². The minimum Gasteiger partial charge on any atom is -0.370 e. The van der Waals surface area contributed by atoms with E-state index in [0.29, 0.717) is 28.6 Å². The fourth-order valence-electron chi connectivity index (χ4n) is 2.19. The van der Waals surface area contributed by atoms with Crippen molar-refractivity contribution in [1.29, 1.82) is 5.26 Å². The molecule has 0 saturated heterocycles. The molecule has 0 saturated carbocycles. The number of anilines is 2. The lowest BCUT2D eigenvalue weighted by Gasteiger charge is -2.09. The molecule has 1 heterocycles. The minimum absolute atomic E-state index is 0.304. The number of benzene rings is 1. The standard InChI is InChI=1S/C18H21N5O/c1-3-4-5-10-20-17-11-16(21-13(2)22-17)18(24)23-15-8-6-14(12-19)7-9-15/h6-9,11H,3-5,10H2,1-2H3,(H,23,24)(H,20,21,22). The molecule has 6 nitrogen and oxygen atoms in total. The van der Waals surface area contributed by atoms with Crippen LogP contribution >= 0.6 is 0 Å². The van der Waals surface area contributed by atoms with Crippen molar-refractivity contribution in [2.24, 2.45) is 0 Å². The molecule has 0 atom stereocenters. The number of aryl methyl sites for hydroxylation is 1. The second-order valence-electron chi connectivity index (χ2n) is 5.46. The molecule has 0 spiro atoms. The van der Waals surface area contributed by atoms with Gasteiger partial charge in [-0.1, -0.05) is 19.8 Å². The number of hydrogen-bond donors (Lipinski definition) is 2. The molecule has 0 fully saturated rings. The van der Waals surface area contributed by atoms with Gasteiger partial charge in [-0.15, -0.1) is 0 Å².